The first-order valence-corrected chi connectivity index (χ1v) is 8.56. The van der Waals surface area contributed by atoms with Crippen molar-refractivity contribution in [3.05, 3.63) is 29.8 Å². The highest BCUT2D eigenvalue weighted by Gasteiger charge is 2.14. The van der Waals surface area contributed by atoms with Crippen LogP contribution in [0, 0.1) is 5.92 Å². The first-order valence-electron chi connectivity index (χ1n) is 7.16. The van der Waals surface area contributed by atoms with E-state index in [-0.39, 0.29) is 5.92 Å². The van der Waals surface area contributed by atoms with Crippen LogP contribution in [0.2, 0.25) is 0 Å². The summed E-state index contributed by atoms with van der Waals surface area (Å²) in [5.41, 5.74) is 8.43. The first-order chi connectivity index (χ1) is 10.1. The van der Waals surface area contributed by atoms with Crippen molar-refractivity contribution in [2.24, 2.45) is 11.0 Å². The van der Waals surface area contributed by atoms with Gasteiger partial charge in [-0.1, -0.05) is 19.1 Å². The fourth-order valence-electron chi connectivity index (χ4n) is 2.02. The molecule has 0 amide bonds. The Labute approximate surface area is 131 Å². The monoisotopic (exact) mass is 307 g/mol. The van der Waals surface area contributed by atoms with E-state index in [1.807, 2.05) is 55.0 Å². The van der Waals surface area contributed by atoms with Gasteiger partial charge in [0.2, 0.25) is 0 Å². The SMILES string of the molecule is CSCCCN(C)/N=C(/c1ccc(N)cc1)C(C)CC=O. The van der Waals surface area contributed by atoms with Crippen LogP contribution in [0.1, 0.15) is 25.3 Å². The van der Waals surface area contributed by atoms with Gasteiger partial charge >= 0.3 is 0 Å². The van der Waals surface area contributed by atoms with Crippen LogP contribution in [-0.2, 0) is 4.79 Å². The van der Waals surface area contributed by atoms with E-state index in [9.17, 15) is 4.79 Å². The molecular formula is C16H25N3OS. The van der Waals surface area contributed by atoms with Gasteiger partial charge in [-0.2, -0.15) is 16.9 Å². The Bertz CT molecular complexity index is 459. The van der Waals surface area contributed by atoms with Crippen molar-refractivity contribution in [1.82, 2.24) is 5.01 Å². The molecule has 2 N–H and O–H groups in total. The molecule has 5 heteroatoms. The van der Waals surface area contributed by atoms with Gasteiger partial charge in [0.1, 0.15) is 6.29 Å². The highest BCUT2D eigenvalue weighted by molar-refractivity contribution is 7.98. The van der Waals surface area contributed by atoms with Gasteiger partial charge in [-0.15, -0.1) is 0 Å². The van der Waals surface area contributed by atoms with E-state index in [2.05, 4.69) is 6.26 Å². The topological polar surface area (TPSA) is 58.7 Å². The smallest absolute Gasteiger partial charge is 0.120 e. The number of nitrogen functional groups attached to an aromatic ring is 1. The predicted molar refractivity (Wildman–Crippen MR) is 92.9 cm³/mol. The summed E-state index contributed by atoms with van der Waals surface area (Å²) < 4.78 is 0. The van der Waals surface area contributed by atoms with Crippen molar-refractivity contribution >= 4 is 29.4 Å². The summed E-state index contributed by atoms with van der Waals surface area (Å²) >= 11 is 1.84. The largest absolute Gasteiger partial charge is 0.399 e. The minimum absolute atomic E-state index is 0.0918. The van der Waals surface area contributed by atoms with Crippen LogP contribution in [0.15, 0.2) is 29.4 Å². The number of carbonyl (C=O) groups is 1. The summed E-state index contributed by atoms with van der Waals surface area (Å²) in [6.07, 6.45) is 4.63. The maximum atomic E-state index is 10.8. The van der Waals surface area contributed by atoms with Crippen LogP contribution in [0.5, 0.6) is 0 Å². The third kappa shape index (κ3) is 6.21. The Balaban J connectivity index is 2.90. The standard InChI is InChI=1S/C16H25N3OS/c1-13(9-11-20)16(14-5-7-15(17)8-6-14)18-19(2)10-4-12-21-3/h5-8,11,13H,4,9-10,12,17H2,1-3H3/b18-16+. The zero-order valence-corrected chi connectivity index (χ0v) is 13.9. The molecule has 21 heavy (non-hydrogen) atoms. The molecule has 0 heterocycles. The number of rotatable bonds is 9. The molecule has 0 aliphatic rings. The van der Waals surface area contributed by atoms with E-state index in [4.69, 9.17) is 10.8 Å². The number of hydrogen-bond donors (Lipinski definition) is 1. The van der Waals surface area contributed by atoms with Gasteiger partial charge in [-0.3, -0.25) is 5.01 Å². The number of nitrogens with two attached hydrogens (primary N) is 1. The number of hydrazone groups is 1. The van der Waals surface area contributed by atoms with Crippen LogP contribution in [-0.4, -0.2) is 42.6 Å². The maximum absolute atomic E-state index is 10.8. The molecule has 0 bridgehead atoms. The Morgan fingerprint density at radius 1 is 1.43 bits per heavy atom. The second kappa shape index (κ2) is 9.45. The van der Waals surface area contributed by atoms with Crippen molar-refractivity contribution in [3.8, 4) is 0 Å². The molecule has 0 fully saturated rings. The second-order valence-corrected chi connectivity index (χ2v) is 6.12. The van der Waals surface area contributed by atoms with Gasteiger partial charge in [-0.25, -0.2) is 0 Å². The lowest BCUT2D eigenvalue weighted by atomic mass is 9.96. The molecule has 1 atom stereocenters. The highest BCUT2D eigenvalue weighted by atomic mass is 32.2. The van der Waals surface area contributed by atoms with E-state index in [0.717, 1.165) is 42.0 Å². The third-order valence-corrected chi connectivity index (χ3v) is 3.93. The normalized spacial score (nSPS) is 13.0. The first kappa shape index (κ1) is 17.6. The molecule has 0 aliphatic heterocycles. The molecule has 4 nitrogen and oxygen atoms in total. The molecule has 0 spiro atoms. The van der Waals surface area contributed by atoms with Crippen LogP contribution < -0.4 is 5.73 Å². The Morgan fingerprint density at radius 2 is 2.10 bits per heavy atom. The van der Waals surface area contributed by atoms with Crippen LogP contribution in [0.4, 0.5) is 5.69 Å². The summed E-state index contributed by atoms with van der Waals surface area (Å²) in [5, 5.41) is 6.67. The van der Waals surface area contributed by atoms with E-state index < -0.39 is 0 Å². The lowest BCUT2D eigenvalue weighted by molar-refractivity contribution is -0.108. The molecule has 116 valence electrons. The van der Waals surface area contributed by atoms with Crippen molar-refractivity contribution in [2.75, 3.05) is 31.3 Å². The second-order valence-electron chi connectivity index (χ2n) is 5.14. The Hall–Kier alpha value is -1.49. The third-order valence-electron chi connectivity index (χ3n) is 3.23. The summed E-state index contributed by atoms with van der Waals surface area (Å²) in [6, 6.07) is 7.66. The molecule has 0 aromatic heterocycles. The van der Waals surface area contributed by atoms with Gasteiger partial charge in [0.15, 0.2) is 0 Å². The average Bonchev–Trinajstić information content (AvgIpc) is 2.46. The number of benzene rings is 1. The van der Waals surface area contributed by atoms with Crippen LogP contribution in [0.25, 0.3) is 0 Å². The molecule has 1 aromatic carbocycles. The molecular weight excluding hydrogens is 282 g/mol. The van der Waals surface area contributed by atoms with Crippen LogP contribution >= 0.6 is 11.8 Å². The summed E-state index contributed by atoms with van der Waals surface area (Å²) in [5.74, 6) is 1.22. The molecule has 1 aromatic rings. The van der Waals surface area contributed by atoms with E-state index in [1.165, 1.54) is 0 Å². The number of anilines is 1. The van der Waals surface area contributed by atoms with Gasteiger partial charge in [-0.05, 0) is 36.1 Å². The van der Waals surface area contributed by atoms with Gasteiger partial charge in [0.25, 0.3) is 0 Å². The fourth-order valence-corrected chi connectivity index (χ4v) is 2.44. The highest BCUT2D eigenvalue weighted by Crippen LogP contribution is 2.15. The number of aldehydes is 1. The zero-order chi connectivity index (χ0) is 15.7. The molecule has 0 saturated heterocycles. The predicted octanol–water partition coefficient (Wildman–Crippen LogP) is 2.88. The van der Waals surface area contributed by atoms with Crippen molar-refractivity contribution < 1.29 is 4.79 Å². The quantitative estimate of drug-likeness (QED) is 0.250. The number of thioether (sulfide) groups is 1. The fraction of sp³-hybridized carbons (Fsp3) is 0.500. The molecule has 1 rings (SSSR count). The van der Waals surface area contributed by atoms with Crippen molar-refractivity contribution in [2.45, 2.75) is 19.8 Å². The van der Waals surface area contributed by atoms with E-state index in [1.54, 1.807) is 0 Å². The molecule has 1 unspecified atom stereocenters. The summed E-state index contributed by atoms with van der Waals surface area (Å²) in [4.78, 5) is 10.8. The minimum atomic E-state index is 0.0918. The van der Waals surface area contributed by atoms with Crippen LogP contribution in [0.3, 0.4) is 0 Å². The molecule has 0 aliphatic carbocycles. The van der Waals surface area contributed by atoms with Gasteiger partial charge < -0.3 is 10.5 Å². The zero-order valence-electron chi connectivity index (χ0n) is 13.1. The summed E-state index contributed by atoms with van der Waals surface area (Å²) in [7, 11) is 1.98. The number of hydrogen-bond acceptors (Lipinski definition) is 5. The number of carbonyl (C=O) groups excluding carboxylic acids is 1. The summed E-state index contributed by atoms with van der Waals surface area (Å²) in [6.45, 7) is 2.94. The van der Waals surface area contributed by atoms with E-state index in [0.29, 0.717) is 6.42 Å². The van der Waals surface area contributed by atoms with Crippen molar-refractivity contribution in [1.29, 1.82) is 0 Å². The lowest BCUT2D eigenvalue weighted by Crippen LogP contribution is -2.21. The van der Waals surface area contributed by atoms with Gasteiger partial charge in [0, 0.05) is 31.6 Å². The molecule has 0 saturated carbocycles. The van der Waals surface area contributed by atoms with E-state index >= 15 is 0 Å². The number of nitrogens with zero attached hydrogens (tertiary/aromatic N) is 2. The molecule has 0 radical (unpaired) electrons. The minimum Gasteiger partial charge on any atom is -0.399 e. The van der Waals surface area contributed by atoms with Gasteiger partial charge in [0.05, 0.1) is 5.71 Å². The van der Waals surface area contributed by atoms with Crippen molar-refractivity contribution in [3.63, 3.8) is 0 Å². The average molecular weight is 307 g/mol. The lowest BCUT2D eigenvalue weighted by Gasteiger charge is -2.19. The maximum Gasteiger partial charge on any atom is 0.120 e. The Morgan fingerprint density at radius 3 is 2.67 bits per heavy atom. The Kier molecular flexibility index (Phi) is 7.90.